The van der Waals surface area contributed by atoms with Crippen molar-refractivity contribution in [3.8, 4) is 0 Å². The van der Waals surface area contributed by atoms with Crippen molar-refractivity contribution >= 4 is 17.4 Å². The highest BCUT2D eigenvalue weighted by atomic mass is 32.1. The lowest BCUT2D eigenvalue weighted by Crippen LogP contribution is -2.39. The van der Waals surface area contributed by atoms with Gasteiger partial charge in [0.2, 0.25) is 0 Å². The highest BCUT2D eigenvalue weighted by molar-refractivity contribution is 7.07. The molecule has 5 heteroatoms. The van der Waals surface area contributed by atoms with Gasteiger partial charge in [-0.2, -0.15) is 11.3 Å². The number of benzene rings is 1. The summed E-state index contributed by atoms with van der Waals surface area (Å²) in [5.41, 5.74) is 3.26. The number of aryl methyl sites for hydroxylation is 1. The second-order valence-electron chi connectivity index (χ2n) is 5.48. The molecule has 0 bridgehead atoms. The molecule has 0 saturated carbocycles. The van der Waals surface area contributed by atoms with E-state index in [9.17, 15) is 9.90 Å². The molecule has 0 aliphatic heterocycles. The van der Waals surface area contributed by atoms with Gasteiger partial charge < -0.3 is 15.7 Å². The second kappa shape index (κ2) is 7.96. The van der Waals surface area contributed by atoms with E-state index in [2.05, 4.69) is 48.7 Å². The molecule has 0 aliphatic rings. The Hall–Kier alpha value is -1.85. The van der Waals surface area contributed by atoms with Crippen LogP contribution in [0.1, 0.15) is 35.6 Å². The minimum absolute atomic E-state index is 0.210. The van der Waals surface area contributed by atoms with Gasteiger partial charge in [-0.25, -0.2) is 4.79 Å². The summed E-state index contributed by atoms with van der Waals surface area (Å²) in [6.45, 7) is 4.90. The number of nitrogens with one attached hydrogen (secondary N) is 2. The summed E-state index contributed by atoms with van der Waals surface area (Å²) in [7, 11) is 0. The number of rotatable bonds is 6. The lowest BCUT2D eigenvalue weighted by molar-refractivity contribution is 0.173. The maximum atomic E-state index is 11.8. The van der Waals surface area contributed by atoms with E-state index < -0.39 is 6.10 Å². The van der Waals surface area contributed by atoms with Crippen molar-refractivity contribution in [3.63, 3.8) is 0 Å². The Morgan fingerprint density at radius 3 is 2.45 bits per heavy atom. The molecule has 0 spiro atoms. The van der Waals surface area contributed by atoms with E-state index in [4.69, 9.17) is 0 Å². The first kappa shape index (κ1) is 16.5. The summed E-state index contributed by atoms with van der Waals surface area (Å²) in [5.74, 6) is 0.244. The summed E-state index contributed by atoms with van der Waals surface area (Å²) in [4.78, 5) is 11.8. The van der Waals surface area contributed by atoms with Gasteiger partial charge >= 0.3 is 6.03 Å². The Balaban J connectivity index is 1.72. The molecular formula is C17H22N2O2S. The Bertz CT molecular complexity index is 581. The van der Waals surface area contributed by atoms with Crippen LogP contribution in [0.2, 0.25) is 0 Å². The third kappa shape index (κ3) is 4.86. The fraction of sp³-hybridized carbons (Fsp3) is 0.353. The van der Waals surface area contributed by atoms with Crippen molar-refractivity contribution in [2.75, 3.05) is 13.1 Å². The fourth-order valence-corrected chi connectivity index (χ4v) is 2.80. The first-order chi connectivity index (χ1) is 10.6. The van der Waals surface area contributed by atoms with Gasteiger partial charge in [0.25, 0.3) is 0 Å². The Labute approximate surface area is 135 Å². The molecule has 118 valence electrons. The Kier molecular flexibility index (Phi) is 5.98. The summed E-state index contributed by atoms with van der Waals surface area (Å²) in [5, 5.41) is 19.2. The minimum atomic E-state index is -0.661. The summed E-state index contributed by atoms with van der Waals surface area (Å²) >= 11 is 1.53. The van der Waals surface area contributed by atoms with E-state index in [1.54, 1.807) is 0 Å². The number of hydrogen-bond donors (Lipinski definition) is 3. The predicted octanol–water partition coefficient (Wildman–Crippen LogP) is 3.19. The van der Waals surface area contributed by atoms with Crippen LogP contribution < -0.4 is 10.6 Å². The van der Waals surface area contributed by atoms with Crippen LogP contribution in [0.4, 0.5) is 4.79 Å². The second-order valence-corrected chi connectivity index (χ2v) is 6.26. The lowest BCUT2D eigenvalue weighted by Gasteiger charge is -2.15. The number of aliphatic hydroxyl groups excluding tert-OH is 1. The normalized spacial score (nSPS) is 13.4. The average molecular weight is 318 g/mol. The molecule has 0 fully saturated rings. The van der Waals surface area contributed by atoms with Gasteiger partial charge in [0.1, 0.15) is 0 Å². The number of aliphatic hydroxyl groups is 1. The standard InChI is InChI=1S/C17H22N2O2S/c1-12-3-5-14(6-4-12)13(2)9-18-17(21)19-10-16(20)15-7-8-22-11-15/h3-8,11,13,16,20H,9-10H2,1-2H3,(H2,18,19,21). The zero-order valence-corrected chi connectivity index (χ0v) is 13.7. The van der Waals surface area contributed by atoms with Gasteiger partial charge in [0.15, 0.2) is 0 Å². The summed E-state index contributed by atoms with van der Waals surface area (Å²) in [6, 6.07) is 9.91. The highest BCUT2D eigenvalue weighted by Crippen LogP contribution is 2.16. The molecule has 2 amide bonds. The van der Waals surface area contributed by atoms with Gasteiger partial charge in [-0.15, -0.1) is 0 Å². The molecule has 1 aromatic heterocycles. The zero-order chi connectivity index (χ0) is 15.9. The molecule has 4 nitrogen and oxygen atoms in total. The number of amides is 2. The number of carbonyl (C=O) groups is 1. The van der Waals surface area contributed by atoms with Crippen molar-refractivity contribution in [2.45, 2.75) is 25.9 Å². The molecule has 2 rings (SSSR count). The molecule has 1 aromatic carbocycles. The third-order valence-corrected chi connectivity index (χ3v) is 4.30. The predicted molar refractivity (Wildman–Crippen MR) is 90.3 cm³/mol. The summed E-state index contributed by atoms with van der Waals surface area (Å²) in [6.07, 6.45) is -0.661. The molecule has 22 heavy (non-hydrogen) atoms. The van der Waals surface area contributed by atoms with E-state index in [0.717, 1.165) is 5.56 Å². The number of thiophene rings is 1. The molecular weight excluding hydrogens is 296 g/mol. The van der Waals surface area contributed by atoms with Crippen molar-refractivity contribution in [2.24, 2.45) is 0 Å². The van der Waals surface area contributed by atoms with Gasteiger partial charge in [-0.1, -0.05) is 36.8 Å². The zero-order valence-electron chi connectivity index (χ0n) is 12.9. The average Bonchev–Trinajstić information content (AvgIpc) is 3.05. The number of hydrogen-bond acceptors (Lipinski definition) is 3. The molecule has 0 saturated heterocycles. The van der Waals surface area contributed by atoms with Crippen LogP contribution in [-0.4, -0.2) is 24.2 Å². The monoisotopic (exact) mass is 318 g/mol. The van der Waals surface area contributed by atoms with Gasteiger partial charge in [-0.05, 0) is 40.8 Å². The van der Waals surface area contributed by atoms with E-state index in [1.807, 2.05) is 16.8 Å². The first-order valence-electron chi connectivity index (χ1n) is 7.34. The molecule has 0 radical (unpaired) electrons. The Morgan fingerprint density at radius 1 is 1.14 bits per heavy atom. The topological polar surface area (TPSA) is 61.4 Å². The van der Waals surface area contributed by atoms with E-state index in [-0.39, 0.29) is 18.5 Å². The SMILES string of the molecule is Cc1ccc(C(C)CNC(=O)NCC(O)c2ccsc2)cc1. The molecule has 2 unspecified atom stereocenters. The van der Waals surface area contributed by atoms with Gasteiger partial charge in [-0.3, -0.25) is 0 Å². The molecule has 2 aromatic rings. The van der Waals surface area contributed by atoms with Crippen LogP contribution in [0.25, 0.3) is 0 Å². The molecule has 1 heterocycles. The van der Waals surface area contributed by atoms with Crippen LogP contribution in [0, 0.1) is 6.92 Å². The fourth-order valence-electron chi connectivity index (χ4n) is 2.09. The molecule has 0 aliphatic carbocycles. The van der Waals surface area contributed by atoms with Crippen LogP contribution in [0.15, 0.2) is 41.1 Å². The van der Waals surface area contributed by atoms with Gasteiger partial charge in [0, 0.05) is 13.1 Å². The largest absolute Gasteiger partial charge is 0.387 e. The van der Waals surface area contributed by atoms with Gasteiger partial charge in [0.05, 0.1) is 6.10 Å². The smallest absolute Gasteiger partial charge is 0.314 e. The van der Waals surface area contributed by atoms with E-state index in [1.165, 1.54) is 22.5 Å². The third-order valence-electron chi connectivity index (χ3n) is 3.60. The van der Waals surface area contributed by atoms with Crippen LogP contribution in [-0.2, 0) is 0 Å². The van der Waals surface area contributed by atoms with Crippen molar-refractivity contribution in [1.29, 1.82) is 0 Å². The van der Waals surface area contributed by atoms with E-state index in [0.29, 0.717) is 6.54 Å². The maximum Gasteiger partial charge on any atom is 0.314 e. The maximum absolute atomic E-state index is 11.8. The lowest BCUT2D eigenvalue weighted by atomic mass is 10.0. The first-order valence-corrected chi connectivity index (χ1v) is 8.29. The van der Waals surface area contributed by atoms with Crippen molar-refractivity contribution < 1.29 is 9.90 Å². The quantitative estimate of drug-likeness (QED) is 0.766. The molecule has 2 atom stereocenters. The number of carbonyl (C=O) groups excluding carboxylic acids is 1. The Morgan fingerprint density at radius 2 is 1.82 bits per heavy atom. The molecule has 3 N–H and O–H groups in total. The number of urea groups is 1. The van der Waals surface area contributed by atoms with Crippen LogP contribution in [0.3, 0.4) is 0 Å². The van der Waals surface area contributed by atoms with Crippen molar-refractivity contribution in [3.05, 3.63) is 57.8 Å². The van der Waals surface area contributed by atoms with E-state index >= 15 is 0 Å². The van der Waals surface area contributed by atoms with Crippen LogP contribution in [0.5, 0.6) is 0 Å². The van der Waals surface area contributed by atoms with Crippen molar-refractivity contribution in [1.82, 2.24) is 10.6 Å². The summed E-state index contributed by atoms with van der Waals surface area (Å²) < 4.78 is 0. The highest BCUT2D eigenvalue weighted by Gasteiger charge is 2.11. The minimum Gasteiger partial charge on any atom is -0.387 e. The van der Waals surface area contributed by atoms with Crippen LogP contribution >= 0.6 is 11.3 Å².